The molecule has 2 rings (SSSR count). The molecule has 78 valence electrons. The molecule has 0 aliphatic heterocycles. The Morgan fingerprint density at radius 3 is 2.53 bits per heavy atom. The highest BCUT2D eigenvalue weighted by atomic mass is 14.7. The van der Waals surface area contributed by atoms with Crippen molar-refractivity contribution in [3.05, 3.63) is 47.8 Å². The van der Waals surface area contributed by atoms with Crippen LogP contribution in [0, 0.1) is 6.92 Å². The Hall–Kier alpha value is -1.50. The monoisotopic (exact) mass is 199 g/mol. The Morgan fingerprint density at radius 2 is 1.87 bits per heavy atom. The molecule has 0 bridgehead atoms. The molecule has 1 nitrogen and oxygen atoms in total. The van der Waals surface area contributed by atoms with Gasteiger partial charge in [-0.2, -0.15) is 0 Å². The quantitative estimate of drug-likeness (QED) is 0.770. The number of rotatable bonds is 3. The van der Waals surface area contributed by atoms with E-state index in [1.807, 2.05) is 6.20 Å². The number of aryl methyl sites for hydroxylation is 2. The summed E-state index contributed by atoms with van der Waals surface area (Å²) in [5.74, 6) is 0. The molecule has 1 heteroatoms. The zero-order valence-corrected chi connectivity index (χ0v) is 9.38. The van der Waals surface area contributed by atoms with Crippen LogP contribution in [-0.2, 0) is 6.42 Å². The van der Waals surface area contributed by atoms with Crippen LogP contribution in [0.25, 0.3) is 11.1 Å². The van der Waals surface area contributed by atoms with Crippen LogP contribution in [0.2, 0.25) is 0 Å². The molecule has 1 heterocycles. The first kappa shape index (κ1) is 10.0. The predicted molar refractivity (Wildman–Crippen MR) is 65.0 cm³/mol. The number of H-pyrrole nitrogens is 1. The lowest BCUT2D eigenvalue weighted by atomic mass is 9.97. The Kier molecular flexibility index (Phi) is 2.91. The maximum absolute atomic E-state index is 3.24. The van der Waals surface area contributed by atoms with Gasteiger partial charge in [0.15, 0.2) is 0 Å². The zero-order chi connectivity index (χ0) is 10.7. The first-order valence-corrected chi connectivity index (χ1v) is 5.55. The van der Waals surface area contributed by atoms with Gasteiger partial charge in [-0.25, -0.2) is 0 Å². The SMILES string of the molecule is CCCc1ccccc1-c1cc[nH]c1C. The largest absolute Gasteiger partial charge is 0.365 e. The summed E-state index contributed by atoms with van der Waals surface area (Å²) in [7, 11) is 0. The van der Waals surface area contributed by atoms with Crippen molar-refractivity contribution in [3.63, 3.8) is 0 Å². The van der Waals surface area contributed by atoms with E-state index in [4.69, 9.17) is 0 Å². The van der Waals surface area contributed by atoms with Gasteiger partial charge in [0.2, 0.25) is 0 Å². The van der Waals surface area contributed by atoms with Crippen LogP contribution < -0.4 is 0 Å². The van der Waals surface area contributed by atoms with Crippen molar-refractivity contribution in [1.82, 2.24) is 4.98 Å². The highest BCUT2D eigenvalue weighted by Crippen LogP contribution is 2.26. The number of hydrogen-bond acceptors (Lipinski definition) is 0. The van der Waals surface area contributed by atoms with E-state index in [2.05, 4.69) is 49.2 Å². The van der Waals surface area contributed by atoms with Gasteiger partial charge in [-0.05, 0) is 30.5 Å². The number of hydrogen-bond donors (Lipinski definition) is 1. The van der Waals surface area contributed by atoms with E-state index in [1.165, 1.54) is 28.8 Å². The number of benzene rings is 1. The molecule has 0 aliphatic carbocycles. The second-order valence-corrected chi connectivity index (χ2v) is 3.92. The lowest BCUT2D eigenvalue weighted by Crippen LogP contribution is -1.89. The van der Waals surface area contributed by atoms with E-state index in [-0.39, 0.29) is 0 Å². The van der Waals surface area contributed by atoms with Gasteiger partial charge in [0, 0.05) is 17.5 Å². The van der Waals surface area contributed by atoms with Gasteiger partial charge in [-0.1, -0.05) is 37.6 Å². The smallest absolute Gasteiger partial charge is 0.0195 e. The van der Waals surface area contributed by atoms with E-state index in [9.17, 15) is 0 Å². The summed E-state index contributed by atoms with van der Waals surface area (Å²) in [5, 5.41) is 0. The predicted octanol–water partition coefficient (Wildman–Crippen LogP) is 3.94. The molecule has 1 N–H and O–H groups in total. The summed E-state index contributed by atoms with van der Waals surface area (Å²) in [6.45, 7) is 4.35. The molecule has 0 unspecified atom stereocenters. The van der Waals surface area contributed by atoms with Crippen LogP contribution in [0.1, 0.15) is 24.6 Å². The maximum Gasteiger partial charge on any atom is 0.0195 e. The Bertz CT molecular complexity index is 440. The van der Waals surface area contributed by atoms with Gasteiger partial charge in [0.05, 0.1) is 0 Å². The second-order valence-electron chi connectivity index (χ2n) is 3.92. The van der Waals surface area contributed by atoms with Crippen molar-refractivity contribution in [2.24, 2.45) is 0 Å². The van der Waals surface area contributed by atoms with Gasteiger partial charge >= 0.3 is 0 Å². The number of aromatic amines is 1. The molecule has 15 heavy (non-hydrogen) atoms. The highest BCUT2D eigenvalue weighted by molar-refractivity contribution is 5.69. The van der Waals surface area contributed by atoms with E-state index in [0.717, 1.165) is 6.42 Å². The minimum absolute atomic E-state index is 1.15. The first-order valence-electron chi connectivity index (χ1n) is 5.55. The van der Waals surface area contributed by atoms with Crippen LogP contribution in [-0.4, -0.2) is 4.98 Å². The normalized spacial score (nSPS) is 10.5. The van der Waals surface area contributed by atoms with E-state index >= 15 is 0 Å². The third kappa shape index (κ3) is 1.96. The van der Waals surface area contributed by atoms with Gasteiger partial charge in [-0.15, -0.1) is 0 Å². The molecule has 2 aromatic rings. The first-order chi connectivity index (χ1) is 7.33. The van der Waals surface area contributed by atoms with E-state index in [1.54, 1.807) is 0 Å². The maximum atomic E-state index is 3.24. The Morgan fingerprint density at radius 1 is 1.07 bits per heavy atom. The van der Waals surface area contributed by atoms with E-state index < -0.39 is 0 Å². The minimum Gasteiger partial charge on any atom is -0.365 e. The van der Waals surface area contributed by atoms with Gasteiger partial charge in [0.1, 0.15) is 0 Å². The lowest BCUT2D eigenvalue weighted by Gasteiger charge is -2.07. The second kappa shape index (κ2) is 4.35. The fourth-order valence-electron chi connectivity index (χ4n) is 2.01. The minimum atomic E-state index is 1.15. The van der Waals surface area contributed by atoms with Crippen LogP contribution >= 0.6 is 0 Å². The summed E-state index contributed by atoms with van der Waals surface area (Å²) >= 11 is 0. The average Bonchev–Trinajstić information content (AvgIpc) is 2.66. The van der Waals surface area contributed by atoms with Crippen LogP contribution in [0.15, 0.2) is 36.5 Å². The fourth-order valence-corrected chi connectivity index (χ4v) is 2.01. The molecule has 0 spiro atoms. The Balaban J connectivity index is 2.48. The molecule has 0 fully saturated rings. The van der Waals surface area contributed by atoms with Gasteiger partial charge < -0.3 is 4.98 Å². The number of aromatic nitrogens is 1. The molecule has 0 aliphatic rings. The van der Waals surface area contributed by atoms with Crippen LogP contribution in [0.4, 0.5) is 0 Å². The molecular weight excluding hydrogens is 182 g/mol. The molecule has 0 amide bonds. The molecule has 0 radical (unpaired) electrons. The third-order valence-corrected chi connectivity index (χ3v) is 2.78. The fraction of sp³-hybridized carbons (Fsp3) is 0.286. The van der Waals surface area contributed by atoms with Gasteiger partial charge in [-0.3, -0.25) is 0 Å². The molecule has 0 atom stereocenters. The standard InChI is InChI=1S/C14H17N/c1-3-6-12-7-4-5-8-14(12)13-9-10-15-11(13)2/h4-5,7-10,15H,3,6H2,1-2H3. The van der Waals surface area contributed by atoms with Crippen molar-refractivity contribution < 1.29 is 0 Å². The van der Waals surface area contributed by atoms with Crippen molar-refractivity contribution in [3.8, 4) is 11.1 Å². The molecule has 0 saturated carbocycles. The molecule has 1 aromatic heterocycles. The van der Waals surface area contributed by atoms with Gasteiger partial charge in [0.25, 0.3) is 0 Å². The van der Waals surface area contributed by atoms with Crippen molar-refractivity contribution in [2.75, 3.05) is 0 Å². The van der Waals surface area contributed by atoms with Crippen molar-refractivity contribution in [2.45, 2.75) is 26.7 Å². The molecular formula is C14H17N. The van der Waals surface area contributed by atoms with Crippen LogP contribution in [0.3, 0.4) is 0 Å². The van der Waals surface area contributed by atoms with Crippen LogP contribution in [0.5, 0.6) is 0 Å². The molecule has 1 aromatic carbocycles. The van der Waals surface area contributed by atoms with E-state index in [0.29, 0.717) is 0 Å². The zero-order valence-electron chi connectivity index (χ0n) is 9.38. The summed E-state index contributed by atoms with van der Waals surface area (Å²) in [6.07, 6.45) is 4.36. The lowest BCUT2D eigenvalue weighted by molar-refractivity contribution is 0.923. The summed E-state index contributed by atoms with van der Waals surface area (Å²) < 4.78 is 0. The highest BCUT2D eigenvalue weighted by Gasteiger charge is 2.06. The summed E-state index contributed by atoms with van der Waals surface area (Å²) in [5.41, 5.74) is 5.40. The average molecular weight is 199 g/mol. The summed E-state index contributed by atoms with van der Waals surface area (Å²) in [6, 6.07) is 10.8. The summed E-state index contributed by atoms with van der Waals surface area (Å²) in [4.78, 5) is 3.24. The third-order valence-electron chi connectivity index (χ3n) is 2.78. The van der Waals surface area contributed by atoms with Crippen molar-refractivity contribution >= 4 is 0 Å². The van der Waals surface area contributed by atoms with Crippen molar-refractivity contribution in [1.29, 1.82) is 0 Å². The molecule has 0 saturated heterocycles. The topological polar surface area (TPSA) is 15.8 Å². The Labute approximate surface area is 91.2 Å². The number of nitrogens with one attached hydrogen (secondary N) is 1.